The van der Waals surface area contributed by atoms with E-state index in [-0.39, 0.29) is 0 Å². The van der Waals surface area contributed by atoms with E-state index >= 15 is 0 Å². The van der Waals surface area contributed by atoms with Gasteiger partial charge < -0.3 is 4.42 Å². The van der Waals surface area contributed by atoms with Crippen molar-refractivity contribution in [3.8, 4) is 11.5 Å². The highest BCUT2D eigenvalue weighted by molar-refractivity contribution is 5.49. The molecule has 0 aliphatic carbocycles. The molecule has 0 spiro atoms. The van der Waals surface area contributed by atoms with Crippen molar-refractivity contribution in [1.29, 1.82) is 0 Å². The molecule has 0 unspecified atom stereocenters. The Labute approximate surface area is 88.6 Å². The van der Waals surface area contributed by atoms with Crippen LogP contribution in [0.3, 0.4) is 0 Å². The normalized spacial score (nSPS) is 10.5. The third-order valence-electron chi connectivity index (χ3n) is 2.09. The lowest BCUT2D eigenvalue weighted by atomic mass is 10.3. The largest absolute Gasteiger partial charge is 0.441 e. The molecule has 0 saturated heterocycles. The van der Waals surface area contributed by atoms with Gasteiger partial charge in [0.1, 0.15) is 12.0 Å². The van der Waals surface area contributed by atoms with Gasteiger partial charge in [-0.2, -0.15) is 0 Å². The van der Waals surface area contributed by atoms with Crippen LogP contribution in [0, 0.1) is 6.92 Å². The Hall–Kier alpha value is -1.71. The highest BCUT2D eigenvalue weighted by Crippen LogP contribution is 2.15. The molecule has 0 fully saturated rings. The average molecular weight is 204 g/mol. The molecule has 0 aromatic carbocycles. The molecule has 78 valence electrons. The first-order valence-corrected chi connectivity index (χ1v) is 5.08. The van der Waals surface area contributed by atoms with Crippen molar-refractivity contribution < 1.29 is 9.10 Å². The van der Waals surface area contributed by atoms with Crippen molar-refractivity contribution in [1.82, 2.24) is 10.1 Å². The molecule has 2 aromatic rings. The number of aromatic nitrogens is 3. The van der Waals surface area contributed by atoms with Crippen LogP contribution in [0.4, 0.5) is 0 Å². The highest BCUT2D eigenvalue weighted by atomic mass is 16.4. The molecule has 2 rings (SSSR count). The summed E-state index contributed by atoms with van der Waals surface area (Å²) in [6.45, 7) is 4.94. The molecular formula is C11H14N3O+. The first-order valence-electron chi connectivity index (χ1n) is 5.08. The first kappa shape index (κ1) is 9.83. The highest BCUT2D eigenvalue weighted by Gasteiger charge is 2.07. The number of hydrogen-bond acceptors (Lipinski definition) is 3. The summed E-state index contributed by atoms with van der Waals surface area (Å²) in [7, 11) is 0. The third kappa shape index (κ3) is 2.21. The van der Waals surface area contributed by atoms with Crippen molar-refractivity contribution in [2.75, 3.05) is 0 Å². The Balaban J connectivity index is 2.23. The Morgan fingerprint density at radius 3 is 2.80 bits per heavy atom. The lowest BCUT2D eigenvalue weighted by Crippen LogP contribution is -2.36. The predicted octanol–water partition coefficient (Wildman–Crippen LogP) is 1.74. The Bertz CT molecular complexity index is 433. The van der Waals surface area contributed by atoms with Crippen LogP contribution in [0.2, 0.25) is 0 Å². The molecule has 0 N–H and O–H groups in total. The van der Waals surface area contributed by atoms with Gasteiger partial charge in [0, 0.05) is 12.5 Å². The van der Waals surface area contributed by atoms with E-state index in [1.165, 1.54) is 0 Å². The molecule has 0 amide bonds. The smallest absolute Gasteiger partial charge is 0.228 e. The molecule has 0 aliphatic rings. The summed E-state index contributed by atoms with van der Waals surface area (Å²) >= 11 is 0. The Morgan fingerprint density at radius 2 is 2.27 bits per heavy atom. The van der Waals surface area contributed by atoms with Crippen LogP contribution in [0.1, 0.15) is 19.1 Å². The van der Waals surface area contributed by atoms with Crippen molar-refractivity contribution in [3.63, 3.8) is 0 Å². The lowest BCUT2D eigenvalue weighted by Gasteiger charge is -1.93. The zero-order valence-electron chi connectivity index (χ0n) is 8.97. The van der Waals surface area contributed by atoms with E-state index in [9.17, 15) is 0 Å². The first-order chi connectivity index (χ1) is 7.29. The molecule has 15 heavy (non-hydrogen) atoms. The van der Waals surface area contributed by atoms with E-state index in [4.69, 9.17) is 4.42 Å². The van der Waals surface area contributed by atoms with E-state index < -0.39 is 0 Å². The zero-order valence-corrected chi connectivity index (χ0v) is 8.97. The summed E-state index contributed by atoms with van der Waals surface area (Å²) in [5, 5.41) is 4.27. The number of oxazole rings is 1. The standard InChI is InChI=1S/C11H14N3O/c1-3-5-14-6-4-10(8-13-14)11-12-7-9(2)15-11/h4,6-8H,3,5H2,1-2H3/q+1. The van der Waals surface area contributed by atoms with Crippen LogP contribution < -0.4 is 4.68 Å². The molecule has 4 heteroatoms. The van der Waals surface area contributed by atoms with Crippen LogP contribution in [0.5, 0.6) is 0 Å². The summed E-state index contributed by atoms with van der Waals surface area (Å²) in [6.07, 6.45) is 6.51. The van der Waals surface area contributed by atoms with E-state index in [1.54, 1.807) is 12.4 Å². The summed E-state index contributed by atoms with van der Waals surface area (Å²) in [5.41, 5.74) is 0.912. The summed E-state index contributed by atoms with van der Waals surface area (Å²) < 4.78 is 7.31. The summed E-state index contributed by atoms with van der Waals surface area (Å²) in [6, 6.07) is 1.97. The maximum Gasteiger partial charge on any atom is 0.228 e. The quantitative estimate of drug-likeness (QED) is 0.715. The number of aryl methyl sites for hydroxylation is 2. The lowest BCUT2D eigenvalue weighted by molar-refractivity contribution is -0.753. The number of rotatable bonds is 3. The fourth-order valence-corrected chi connectivity index (χ4v) is 1.36. The van der Waals surface area contributed by atoms with E-state index in [0.717, 1.165) is 24.3 Å². The molecular weight excluding hydrogens is 190 g/mol. The second-order valence-corrected chi connectivity index (χ2v) is 3.45. The average Bonchev–Trinajstić information content (AvgIpc) is 2.67. The maximum absolute atomic E-state index is 5.41. The molecule has 4 nitrogen and oxygen atoms in total. The number of hydrogen-bond donors (Lipinski definition) is 0. The van der Waals surface area contributed by atoms with Crippen LogP contribution >= 0.6 is 0 Å². The van der Waals surface area contributed by atoms with E-state index in [2.05, 4.69) is 17.0 Å². The van der Waals surface area contributed by atoms with Crippen molar-refractivity contribution in [2.45, 2.75) is 26.8 Å². The topological polar surface area (TPSA) is 42.8 Å². The third-order valence-corrected chi connectivity index (χ3v) is 2.09. The minimum Gasteiger partial charge on any atom is -0.441 e. The molecule has 2 aromatic heterocycles. The van der Waals surface area contributed by atoms with Gasteiger partial charge in [-0.3, -0.25) is 0 Å². The van der Waals surface area contributed by atoms with Gasteiger partial charge in [-0.1, -0.05) is 11.6 Å². The second-order valence-electron chi connectivity index (χ2n) is 3.45. The van der Waals surface area contributed by atoms with Crippen LogP contribution in [-0.2, 0) is 6.54 Å². The predicted molar refractivity (Wildman–Crippen MR) is 55.0 cm³/mol. The van der Waals surface area contributed by atoms with Gasteiger partial charge in [0.2, 0.25) is 5.89 Å². The fourth-order valence-electron chi connectivity index (χ4n) is 1.36. The van der Waals surface area contributed by atoms with Crippen molar-refractivity contribution in [2.24, 2.45) is 0 Å². The van der Waals surface area contributed by atoms with Gasteiger partial charge in [-0.15, -0.1) is 0 Å². The van der Waals surface area contributed by atoms with Gasteiger partial charge in [-0.25, -0.2) is 4.98 Å². The van der Waals surface area contributed by atoms with E-state index in [0.29, 0.717) is 5.89 Å². The second kappa shape index (κ2) is 4.21. The minimum atomic E-state index is 0.628. The van der Waals surface area contributed by atoms with Crippen molar-refractivity contribution >= 4 is 0 Å². The summed E-state index contributed by atoms with van der Waals surface area (Å²) in [5.74, 6) is 1.44. The molecule has 0 atom stereocenters. The number of nitrogens with zero attached hydrogens (tertiary/aromatic N) is 3. The fraction of sp³-hybridized carbons (Fsp3) is 0.364. The Kier molecular flexibility index (Phi) is 2.76. The molecule has 0 radical (unpaired) electrons. The van der Waals surface area contributed by atoms with Crippen molar-refractivity contribution in [3.05, 3.63) is 30.4 Å². The van der Waals surface area contributed by atoms with Gasteiger partial charge in [0.05, 0.1) is 11.8 Å². The molecule has 2 heterocycles. The van der Waals surface area contributed by atoms with Gasteiger partial charge in [-0.05, 0) is 12.0 Å². The Morgan fingerprint density at radius 1 is 1.40 bits per heavy atom. The molecule has 0 aliphatic heterocycles. The van der Waals surface area contributed by atoms with Gasteiger partial charge in [0.15, 0.2) is 12.7 Å². The van der Waals surface area contributed by atoms with Crippen LogP contribution in [0.15, 0.2) is 29.1 Å². The maximum atomic E-state index is 5.41. The molecule has 0 saturated carbocycles. The van der Waals surface area contributed by atoms with Gasteiger partial charge >= 0.3 is 0 Å². The summed E-state index contributed by atoms with van der Waals surface area (Å²) in [4.78, 5) is 4.15. The van der Waals surface area contributed by atoms with Crippen LogP contribution in [-0.4, -0.2) is 10.1 Å². The minimum absolute atomic E-state index is 0.628. The molecule has 0 bridgehead atoms. The van der Waals surface area contributed by atoms with Gasteiger partial charge in [0.25, 0.3) is 0 Å². The van der Waals surface area contributed by atoms with E-state index in [1.807, 2.05) is 23.9 Å². The zero-order chi connectivity index (χ0) is 10.7. The van der Waals surface area contributed by atoms with Crippen LogP contribution in [0.25, 0.3) is 11.5 Å². The monoisotopic (exact) mass is 204 g/mol. The SMILES string of the molecule is CCC[n+]1ccc(-c2ncc(C)o2)cn1.